The van der Waals surface area contributed by atoms with Gasteiger partial charge in [-0.3, -0.25) is 29.8 Å². The molecule has 0 aliphatic carbocycles. The van der Waals surface area contributed by atoms with Crippen molar-refractivity contribution in [1.29, 1.82) is 0 Å². The normalized spacial score (nSPS) is 11.1. The Morgan fingerprint density at radius 1 is 0.881 bits per heavy atom. The van der Waals surface area contributed by atoms with Crippen molar-refractivity contribution in [2.45, 2.75) is 6.54 Å². The number of non-ortho nitro benzene ring substituents is 1. The number of fused-ring (bicyclic) bond motifs is 2. The Morgan fingerprint density at radius 2 is 1.52 bits per heavy atom. The summed E-state index contributed by atoms with van der Waals surface area (Å²) in [5.41, 5.74) is 3.09. The molecule has 0 saturated heterocycles. The molecule has 5 rings (SSSR count). The molecular formula is C29H21N5O8. The maximum atomic E-state index is 12.9. The Labute approximate surface area is 236 Å². The van der Waals surface area contributed by atoms with E-state index in [1.165, 1.54) is 25.5 Å². The minimum absolute atomic E-state index is 0.0945. The second-order valence-electron chi connectivity index (χ2n) is 8.92. The fourth-order valence-electron chi connectivity index (χ4n) is 4.42. The Balaban J connectivity index is 1.34. The zero-order valence-electron chi connectivity index (χ0n) is 21.9. The van der Waals surface area contributed by atoms with Crippen molar-refractivity contribution in [3.63, 3.8) is 0 Å². The number of hydrazone groups is 1. The van der Waals surface area contributed by atoms with Gasteiger partial charge in [-0.1, -0.05) is 24.3 Å². The summed E-state index contributed by atoms with van der Waals surface area (Å²) in [6, 6.07) is 21.8. The molecule has 0 fully saturated rings. The van der Waals surface area contributed by atoms with E-state index < -0.39 is 27.1 Å². The van der Waals surface area contributed by atoms with Crippen LogP contribution in [0.3, 0.4) is 0 Å². The highest BCUT2D eigenvalue weighted by molar-refractivity contribution is 5.95. The minimum atomic E-state index is -0.780. The highest BCUT2D eigenvalue weighted by Crippen LogP contribution is 2.38. The molecule has 42 heavy (non-hydrogen) atoms. The number of nitrogens with zero attached hydrogens (tertiary/aromatic N) is 4. The number of rotatable bonds is 9. The number of nitrogens with one attached hydrogen (secondary N) is 1. The number of amides is 1. The molecule has 1 aromatic heterocycles. The number of methoxy groups -OCH3 is 1. The summed E-state index contributed by atoms with van der Waals surface area (Å²) in [6.45, 7) is -0.0945. The summed E-state index contributed by atoms with van der Waals surface area (Å²) in [5.74, 6) is -0.320. The first-order valence-corrected chi connectivity index (χ1v) is 12.4. The third-order valence-corrected chi connectivity index (χ3v) is 6.34. The van der Waals surface area contributed by atoms with E-state index in [9.17, 15) is 29.8 Å². The van der Waals surface area contributed by atoms with Gasteiger partial charge in [0, 0.05) is 16.8 Å². The lowest BCUT2D eigenvalue weighted by molar-refractivity contribution is -0.394. The predicted molar refractivity (Wildman–Crippen MR) is 154 cm³/mol. The molecule has 0 aliphatic rings. The number of nitro groups is 2. The number of carbonyl (C=O) groups is 1. The Bertz CT molecular complexity index is 1910. The molecular weight excluding hydrogens is 546 g/mol. The molecule has 1 heterocycles. The molecule has 210 valence electrons. The van der Waals surface area contributed by atoms with Crippen LogP contribution in [0.15, 0.2) is 94.8 Å². The third-order valence-electron chi connectivity index (χ3n) is 6.34. The fourth-order valence-corrected chi connectivity index (χ4v) is 4.42. The van der Waals surface area contributed by atoms with Gasteiger partial charge in [0.25, 0.3) is 11.6 Å². The van der Waals surface area contributed by atoms with E-state index in [1.54, 1.807) is 59.2 Å². The smallest absolute Gasteiger partial charge is 0.318 e. The fraction of sp³-hybridized carbons (Fsp3) is 0.0690. The third kappa shape index (κ3) is 5.47. The lowest BCUT2D eigenvalue weighted by atomic mass is 10.1. The first kappa shape index (κ1) is 27.5. The van der Waals surface area contributed by atoms with Crippen molar-refractivity contribution in [3.8, 4) is 17.2 Å². The molecule has 1 amide bonds. The van der Waals surface area contributed by atoms with Crippen LogP contribution in [0.25, 0.3) is 21.8 Å². The van der Waals surface area contributed by atoms with Crippen LogP contribution in [0.2, 0.25) is 0 Å². The molecule has 0 atom stereocenters. The first-order chi connectivity index (χ1) is 20.3. The van der Waals surface area contributed by atoms with Crippen molar-refractivity contribution in [2.75, 3.05) is 7.11 Å². The molecule has 5 aromatic rings. The number of hydrogen-bond acceptors (Lipinski definition) is 9. The number of pyridine rings is 1. The molecule has 0 aliphatic heterocycles. The highest BCUT2D eigenvalue weighted by Gasteiger charge is 2.22. The highest BCUT2D eigenvalue weighted by atomic mass is 16.6. The quantitative estimate of drug-likeness (QED) is 0.113. The first-order valence-electron chi connectivity index (χ1n) is 12.4. The van der Waals surface area contributed by atoms with Crippen LogP contribution in [0.1, 0.15) is 5.56 Å². The van der Waals surface area contributed by atoms with E-state index in [-0.39, 0.29) is 29.2 Å². The molecule has 0 unspecified atom stereocenters. The molecule has 0 spiro atoms. The van der Waals surface area contributed by atoms with Crippen LogP contribution in [0.5, 0.6) is 17.2 Å². The summed E-state index contributed by atoms with van der Waals surface area (Å²) in [7, 11) is 1.37. The number of aromatic nitrogens is 1. The van der Waals surface area contributed by atoms with Crippen LogP contribution in [-0.4, -0.2) is 33.6 Å². The van der Waals surface area contributed by atoms with E-state index in [4.69, 9.17) is 9.47 Å². The summed E-state index contributed by atoms with van der Waals surface area (Å²) in [4.78, 5) is 46.7. The van der Waals surface area contributed by atoms with Crippen molar-refractivity contribution < 1.29 is 24.1 Å². The van der Waals surface area contributed by atoms with E-state index in [1.807, 2.05) is 0 Å². The monoisotopic (exact) mass is 567 g/mol. The van der Waals surface area contributed by atoms with Gasteiger partial charge < -0.3 is 14.0 Å². The van der Waals surface area contributed by atoms with Gasteiger partial charge in [0.1, 0.15) is 6.54 Å². The molecule has 13 nitrogen and oxygen atoms in total. The molecule has 13 heteroatoms. The number of carbonyl (C=O) groups excluding carboxylic acids is 1. The minimum Gasteiger partial charge on any atom is -0.493 e. The van der Waals surface area contributed by atoms with Crippen LogP contribution in [0.4, 0.5) is 11.4 Å². The molecule has 1 N–H and O–H groups in total. The maximum absolute atomic E-state index is 12.9. The number of hydrogen-bond donors (Lipinski definition) is 1. The van der Waals surface area contributed by atoms with Gasteiger partial charge in [-0.15, -0.1) is 0 Å². The Kier molecular flexibility index (Phi) is 7.55. The lowest BCUT2D eigenvalue weighted by Crippen LogP contribution is -2.25. The van der Waals surface area contributed by atoms with Crippen molar-refractivity contribution >= 4 is 45.3 Å². The summed E-state index contributed by atoms with van der Waals surface area (Å²) < 4.78 is 12.7. The van der Waals surface area contributed by atoms with Crippen LogP contribution in [0, 0.1) is 20.2 Å². The van der Waals surface area contributed by atoms with Crippen LogP contribution >= 0.6 is 0 Å². The molecule has 0 radical (unpaired) electrons. The van der Waals surface area contributed by atoms with Crippen molar-refractivity contribution in [3.05, 3.63) is 121 Å². The van der Waals surface area contributed by atoms with Crippen molar-refractivity contribution in [2.24, 2.45) is 5.10 Å². The average molecular weight is 568 g/mol. The zero-order chi connectivity index (χ0) is 29.8. The van der Waals surface area contributed by atoms with Gasteiger partial charge in [-0.25, -0.2) is 5.43 Å². The summed E-state index contributed by atoms with van der Waals surface area (Å²) >= 11 is 0. The van der Waals surface area contributed by atoms with E-state index in [2.05, 4.69) is 10.5 Å². The zero-order valence-corrected chi connectivity index (χ0v) is 21.9. The van der Waals surface area contributed by atoms with Gasteiger partial charge in [0.15, 0.2) is 16.9 Å². The number of benzene rings is 4. The predicted octanol–water partition coefficient (Wildman–Crippen LogP) is 4.92. The molecule has 0 bridgehead atoms. The maximum Gasteiger partial charge on any atom is 0.318 e. The molecule has 0 saturated carbocycles. The summed E-state index contributed by atoms with van der Waals surface area (Å²) in [5, 5.41) is 27.4. The van der Waals surface area contributed by atoms with Gasteiger partial charge in [-0.05, 0) is 54.1 Å². The van der Waals surface area contributed by atoms with Gasteiger partial charge >= 0.3 is 5.69 Å². The number of para-hydroxylation sites is 2. The van der Waals surface area contributed by atoms with E-state index in [0.717, 1.165) is 18.2 Å². The molecule has 4 aromatic carbocycles. The largest absolute Gasteiger partial charge is 0.493 e. The lowest BCUT2D eigenvalue weighted by Gasteiger charge is -2.14. The van der Waals surface area contributed by atoms with E-state index in [0.29, 0.717) is 27.4 Å². The van der Waals surface area contributed by atoms with E-state index >= 15 is 0 Å². The van der Waals surface area contributed by atoms with Gasteiger partial charge in [0.05, 0.1) is 40.3 Å². The number of ether oxygens (including phenoxy) is 2. The van der Waals surface area contributed by atoms with Gasteiger partial charge in [0.2, 0.25) is 5.75 Å². The standard InChI is InChI=1S/C29H21N5O8/c1-41-27-14-18(10-12-26(27)42-25-13-11-19(33(37)38)15-24(25)34(39)40)16-30-31-28(35)17-32-22-8-4-2-6-20(22)29(36)21-7-3-5-9-23(21)32/h2-16H,17H2,1H3,(H,31,35)/b30-16-. The van der Waals surface area contributed by atoms with Crippen molar-refractivity contribution in [1.82, 2.24) is 9.99 Å². The number of nitro benzene ring substituents is 2. The SMILES string of the molecule is COc1cc(/C=N\NC(=O)Cn2c3ccccc3c(=O)c3ccccc32)ccc1Oc1ccc([N+](=O)[O-])cc1[N+](=O)[O-]. The summed E-state index contributed by atoms with van der Waals surface area (Å²) in [6.07, 6.45) is 1.38. The second kappa shape index (κ2) is 11.6. The van der Waals surface area contributed by atoms with Gasteiger partial charge in [-0.2, -0.15) is 5.10 Å². The second-order valence-corrected chi connectivity index (χ2v) is 8.92. The van der Waals surface area contributed by atoms with Crippen LogP contribution < -0.4 is 20.3 Å². The Hall–Kier alpha value is -6.11. The average Bonchev–Trinajstić information content (AvgIpc) is 2.99. The topological polar surface area (TPSA) is 168 Å². The van der Waals surface area contributed by atoms with Crippen LogP contribution in [-0.2, 0) is 11.3 Å². The Morgan fingerprint density at radius 3 is 2.14 bits per heavy atom.